The molecule has 3 N–H and O–H groups in total. The SMILES string of the molecule is CCOc1ccc2c(N)c(-c3ccc(C(=O)N4CC[C@@H](O)C4)cc3)n(C3CCC3)c2c1. The van der Waals surface area contributed by atoms with Crippen LogP contribution in [-0.2, 0) is 0 Å². The zero-order chi connectivity index (χ0) is 21.5. The predicted octanol–water partition coefficient (Wildman–Crippen LogP) is 4.22. The molecule has 0 unspecified atom stereocenters. The molecule has 1 atom stereocenters. The molecule has 0 radical (unpaired) electrons. The average molecular weight is 420 g/mol. The Labute approximate surface area is 182 Å². The van der Waals surface area contributed by atoms with Crippen LogP contribution in [0.4, 0.5) is 5.69 Å². The van der Waals surface area contributed by atoms with Gasteiger partial charge in [-0.05, 0) is 56.9 Å². The summed E-state index contributed by atoms with van der Waals surface area (Å²) in [4.78, 5) is 14.5. The third-order valence-corrected chi connectivity index (χ3v) is 6.62. The summed E-state index contributed by atoms with van der Waals surface area (Å²) in [6.07, 6.45) is 3.74. The molecule has 1 saturated carbocycles. The largest absolute Gasteiger partial charge is 0.494 e. The summed E-state index contributed by atoms with van der Waals surface area (Å²) < 4.78 is 8.10. The van der Waals surface area contributed by atoms with Crippen molar-refractivity contribution in [1.29, 1.82) is 0 Å². The van der Waals surface area contributed by atoms with Crippen LogP contribution in [0.1, 0.15) is 49.0 Å². The number of nitrogens with zero attached hydrogens (tertiary/aromatic N) is 2. The quantitative estimate of drug-likeness (QED) is 0.649. The van der Waals surface area contributed by atoms with Crippen LogP contribution < -0.4 is 10.5 Å². The number of likely N-dealkylation sites (tertiary alicyclic amines) is 1. The van der Waals surface area contributed by atoms with Crippen molar-refractivity contribution in [1.82, 2.24) is 9.47 Å². The van der Waals surface area contributed by atoms with Gasteiger partial charge >= 0.3 is 0 Å². The summed E-state index contributed by atoms with van der Waals surface area (Å²) >= 11 is 0. The van der Waals surface area contributed by atoms with Crippen molar-refractivity contribution in [3.8, 4) is 17.0 Å². The molecule has 1 amide bonds. The standard InChI is InChI=1S/C25H29N3O3/c1-2-31-20-10-11-21-22(14-20)28(18-4-3-5-18)24(23(21)26)16-6-8-17(9-7-16)25(30)27-13-12-19(29)15-27/h6-11,14,18-19,29H,2-5,12-13,15,26H2,1H3/t19-/m1/s1. The lowest BCUT2D eigenvalue weighted by molar-refractivity contribution is 0.0765. The second kappa shape index (κ2) is 7.93. The fourth-order valence-corrected chi connectivity index (χ4v) is 4.77. The first-order chi connectivity index (χ1) is 15.1. The number of benzene rings is 2. The van der Waals surface area contributed by atoms with Gasteiger partial charge in [0.1, 0.15) is 5.75 Å². The number of anilines is 1. The van der Waals surface area contributed by atoms with Gasteiger partial charge in [0.15, 0.2) is 0 Å². The van der Waals surface area contributed by atoms with Gasteiger partial charge in [0.05, 0.1) is 29.6 Å². The molecule has 1 aliphatic carbocycles. The van der Waals surface area contributed by atoms with Gasteiger partial charge in [-0.3, -0.25) is 4.79 Å². The molecule has 0 spiro atoms. The lowest BCUT2D eigenvalue weighted by Gasteiger charge is -2.30. The Morgan fingerprint density at radius 3 is 2.55 bits per heavy atom. The summed E-state index contributed by atoms with van der Waals surface area (Å²) in [6, 6.07) is 14.3. The lowest BCUT2D eigenvalue weighted by atomic mass is 9.92. The summed E-state index contributed by atoms with van der Waals surface area (Å²) in [7, 11) is 0. The molecule has 2 aromatic carbocycles. The van der Waals surface area contributed by atoms with Crippen molar-refractivity contribution in [2.45, 2.75) is 44.8 Å². The summed E-state index contributed by atoms with van der Waals surface area (Å²) in [5.74, 6) is 0.824. The molecule has 0 bridgehead atoms. The van der Waals surface area contributed by atoms with Crippen molar-refractivity contribution >= 4 is 22.5 Å². The lowest BCUT2D eigenvalue weighted by Crippen LogP contribution is -2.29. The first-order valence-corrected chi connectivity index (χ1v) is 11.2. The topological polar surface area (TPSA) is 80.7 Å². The van der Waals surface area contributed by atoms with E-state index in [0.717, 1.165) is 46.4 Å². The van der Waals surface area contributed by atoms with Crippen molar-refractivity contribution in [3.05, 3.63) is 48.0 Å². The number of rotatable bonds is 5. The smallest absolute Gasteiger partial charge is 0.253 e. The Balaban J connectivity index is 1.54. The van der Waals surface area contributed by atoms with Crippen LogP contribution in [0.2, 0.25) is 0 Å². The average Bonchev–Trinajstić information content (AvgIpc) is 3.29. The molecular weight excluding hydrogens is 390 g/mol. The first-order valence-electron chi connectivity index (χ1n) is 11.2. The van der Waals surface area contributed by atoms with Crippen LogP contribution in [-0.4, -0.2) is 46.3 Å². The number of hydrogen-bond acceptors (Lipinski definition) is 4. The number of aliphatic hydroxyl groups excluding tert-OH is 1. The van der Waals surface area contributed by atoms with Gasteiger partial charge in [-0.25, -0.2) is 0 Å². The summed E-state index contributed by atoms with van der Waals surface area (Å²) in [5.41, 5.74) is 11.2. The van der Waals surface area contributed by atoms with E-state index >= 15 is 0 Å². The van der Waals surface area contributed by atoms with E-state index in [0.29, 0.717) is 37.7 Å². The summed E-state index contributed by atoms with van der Waals surface area (Å²) in [5, 5.41) is 10.8. The molecule has 1 aromatic heterocycles. The van der Waals surface area contributed by atoms with Crippen LogP contribution in [0.25, 0.3) is 22.2 Å². The van der Waals surface area contributed by atoms with Gasteiger partial charge in [-0.1, -0.05) is 12.1 Å². The van der Waals surface area contributed by atoms with Crippen LogP contribution in [0.5, 0.6) is 5.75 Å². The minimum atomic E-state index is -0.414. The predicted molar refractivity (Wildman–Crippen MR) is 122 cm³/mol. The molecule has 2 heterocycles. The maximum Gasteiger partial charge on any atom is 0.253 e. The van der Waals surface area contributed by atoms with E-state index in [4.69, 9.17) is 10.5 Å². The fraction of sp³-hybridized carbons (Fsp3) is 0.400. The third kappa shape index (κ3) is 3.45. The Morgan fingerprint density at radius 2 is 1.94 bits per heavy atom. The highest BCUT2D eigenvalue weighted by Gasteiger charge is 2.28. The molecule has 6 nitrogen and oxygen atoms in total. The first kappa shape index (κ1) is 19.9. The number of fused-ring (bicyclic) bond motifs is 1. The van der Waals surface area contributed by atoms with E-state index in [1.807, 2.05) is 43.3 Å². The number of carbonyl (C=O) groups excluding carboxylic acids is 1. The number of ether oxygens (including phenoxy) is 1. The van der Waals surface area contributed by atoms with Crippen LogP contribution in [0.3, 0.4) is 0 Å². The molecule has 1 aliphatic heterocycles. The fourth-order valence-electron chi connectivity index (χ4n) is 4.77. The van der Waals surface area contributed by atoms with Gasteiger partial charge < -0.3 is 25.0 Å². The van der Waals surface area contributed by atoms with Crippen LogP contribution in [0, 0.1) is 0 Å². The van der Waals surface area contributed by atoms with Crippen molar-refractivity contribution in [3.63, 3.8) is 0 Å². The molecule has 2 fully saturated rings. The maximum atomic E-state index is 12.7. The Kier molecular flexibility index (Phi) is 5.10. The number of amides is 1. The minimum Gasteiger partial charge on any atom is -0.494 e. The van der Waals surface area contributed by atoms with E-state index in [2.05, 4.69) is 10.6 Å². The van der Waals surface area contributed by atoms with Gasteiger partial charge in [0.2, 0.25) is 0 Å². The van der Waals surface area contributed by atoms with Crippen molar-refractivity contribution in [2.24, 2.45) is 0 Å². The number of nitrogen functional groups attached to an aromatic ring is 1. The number of nitrogens with two attached hydrogens (primary N) is 1. The molecule has 31 heavy (non-hydrogen) atoms. The molecule has 1 saturated heterocycles. The van der Waals surface area contributed by atoms with Crippen molar-refractivity contribution in [2.75, 3.05) is 25.4 Å². The number of β-amino-alcohol motifs (C(OH)–C–C–N with tert-alkyl or cyclic N) is 1. The number of carbonyl (C=O) groups is 1. The molecule has 6 heteroatoms. The monoisotopic (exact) mass is 419 g/mol. The highest BCUT2D eigenvalue weighted by Crippen LogP contribution is 2.44. The van der Waals surface area contributed by atoms with Gasteiger partial charge in [0, 0.05) is 41.7 Å². The zero-order valence-electron chi connectivity index (χ0n) is 17.9. The van der Waals surface area contributed by atoms with Crippen LogP contribution in [0.15, 0.2) is 42.5 Å². The van der Waals surface area contributed by atoms with E-state index in [1.54, 1.807) is 4.90 Å². The summed E-state index contributed by atoms with van der Waals surface area (Å²) in [6.45, 7) is 3.63. The molecule has 162 valence electrons. The Morgan fingerprint density at radius 1 is 1.16 bits per heavy atom. The minimum absolute atomic E-state index is 0.0306. The van der Waals surface area contributed by atoms with Crippen molar-refractivity contribution < 1.29 is 14.6 Å². The third-order valence-electron chi connectivity index (χ3n) is 6.62. The second-order valence-corrected chi connectivity index (χ2v) is 8.60. The maximum absolute atomic E-state index is 12.7. The van der Waals surface area contributed by atoms with E-state index in [9.17, 15) is 9.90 Å². The molecular formula is C25H29N3O3. The molecule has 5 rings (SSSR count). The normalized spacial score (nSPS) is 19.0. The molecule has 2 aliphatic rings. The Bertz CT molecular complexity index is 1120. The van der Waals surface area contributed by atoms with E-state index in [-0.39, 0.29) is 5.91 Å². The zero-order valence-corrected chi connectivity index (χ0v) is 17.9. The Hall–Kier alpha value is -2.99. The number of aromatic nitrogens is 1. The van der Waals surface area contributed by atoms with E-state index < -0.39 is 6.10 Å². The molecule has 3 aromatic rings. The second-order valence-electron chi connectivity index (χ2n) is 8.60. The highest BCUT2D eigenvalue weighted by molar-refractivity contribution is 6.02. The van der Waals surface area contributed by atoms with Gasteiger partial charge in [-0.2, -0.15) is 0 Å². The number of aliphatic hydroxyl groups is 1. The van der Waals surface area contributed by atoms with Crippen LogP contribution >= 0.6 is 0 Å². The number of hydrogen-bond donors (Lipinski definition) is 2. The highest BCUT2D eigenvalue weighted by atomic mass is 16.5. The van der Waals surface area contributed by atoms with Gasteiger partial charge in [-0.15, -0.1) is 0 Å². The van der Waals surface area contributed by atoms with Gasteiger partial charge in [0.25, 0.3) is 5.91 Å². The van der Waals surface area contributed by atoms with E-state index in [1.165, 1.54) is 6.42 Å².